The van der Waals surface area contributed by atoms with Crippen LogP contribution in [-0.2, 0) is 0 Å². The van der Waals surface area contributed by atoms with Gasteiger partial charge >= 0.3 is 6.01 Å². The molecule has 0 saturated carbocycles. The highest BCUT2D eigenvalue weighted by atomic mass is 19.1. The Morgan fingerprint density at radius 3 is 2.49 bits per heavy atom. The van der Waals surface area contributed by atoms with E-state index in [0.717, 1.165) is 0 Å². The Hall–Kier alpha value is -4.60. The van der Waals surface area contributed by atoms with Gasteiger partial charge < -0.3 is 10.1 Å². The van der Waals surface area contributed by atoms with Crippen LogP contribution in [0.5, 0.6) is 6.01 Å². The average molecular weight is 475 g/mol. The van der Waals surface area contributed by atoms with E-state index in [1.165, 1.54) is 36.4 Å². The standard InChI is InChI=1S/C25H22FN5O4/c1-16(2)15-35-25-28-23(17-6-10-19(26)11-7-17)30(29-25)22-5-3-4-20(14-22)27-24(32)18-8-12-21(13-9-18)31(33)34/h3-14,16H,15H2,1-2H3,(H,27,32). The lowest BCUT2D eigenvalue weighted by atomic mass is 10.2. The number of rotatable bonds is 8. The van der Waals surface area contributed by atoms with Crippen molar-refractivity contribution in [2.75, 3.05) is 11.9 Å². The number of amides is 1. The minimum absolute atomic E-state index is 0.0986. The van der Waals surface area contributed by atoms with Gasteiger partial charge in [-0.05, 0) is 60.5 Å². The van der Waals surface area contributed by atoms with Crippen molar-refractivity contribution in [2.24, 2.45) is 5.92 Å². The first-order chi connectivity index (χ1) is 16.8. The first-order valence-electron chi connectivity index (χ1n) is 10.8. The third-order valence-electron chi connectivity index (χ3n) is 4.92. The number of nitro benzene ring substituents is 1. The molecule has 0 unspecified atom stereocenters. The van der Waals surface area contributed by atoms with E-state index in [4.69, 9.17) is 4.74 Å². The van der Waals surface area contributed by atoms with E-state index in [0.29, 0.717) is 29.4 Å². The van der Waals surface area contributed by atoms with Crippen LogP contribution >= 0.6 is 0 Å². The van der Waals surface area contributed by atoms with Gasteiger partial charge in [0.1, 0.15) is 5.82 Å². The predicted molar refractivity (Wildman–Crippen MR) is 128 cm³/mol. The molecule has 0 aliphatic rings. The fourth-order valence-electron chi connectivity index (χ4n) is 3.21. The maximum Gasteiger partial charge on any atom is 0.336 e. The third kappa shape index (κ3) is 5.67. The molecule has 1 aromatic heterocycles. The van der Waals surface area contributed by atoms with E-state index in [-0.39, 0.29) is 29.0 Å². The highest BCUT2D eigenvalue weighted by Gasteiger charge is 2.16. The molecule has 3 aromatic carbocycles. The summed E-state index contributed by atoms with van der Waals surface area (Å²) in [5.74, 6) is -0.0702. The molecule has 0 aliphatic heterocycles. The van der Waals surface area contributed by atoms with E-state index in [1.54, 1.807) is 41.1 Å². The molecule has 4 rings (SSSR count). The van der Waals surface area contributed by atoms with Gasteiger partial charge in [-0.25, -0.2) is 9.07 Å². The number of benzene rings is 3. The van der Waals surface area contributed by atoms with Gasteiger partial charge in [0, 0.05) is 28.9 Å². The molecule has 178 valence electrons. The normalized spacial score (nSPS) is 10.9. The van der Waals surface area contributed by atoms with Gasteiger partial charge in [-0.15, -0.1) is 5.10 Å². The summed E-state index contributed by atoms with van der Waals surface area (Å²) in [6.07, 6.45) is 0. The number of carbonyl (C=O) groups excluding carboxylic acids is 1. The van der Waals surface area contributed by atoms with Crippen molar-refractivity contribution in [1.82, 2.24) is 14.8 Å². The number of hydrogen-bond donors (Lipinski definition) is 1. The number of nitrogens with zero attached hydrogens (tertiary/aromatic N) is 4. The quantitative estimate of drug-likeness (QED) is 0.274. The molecule has 4 aromatic rings. The number of nitro groups is 1. The van der Waals surface area contributed by atoms with Crippen LogP contribution in [-0.4, -0.2) is 32.2 Å². The smallest absolute Gasteiger partial charge is 0.336 e. The Bertz CT molecular complexity index is 1350. The second kappa shape index (κ2) is 10.1. The van der Waals surface area contributed by atoms with Crippen molar-refractivity contribution in [1.29, 1.82) is 0 Å². The number of anilines is 1. The van der Waals surface area contributed by atoms with E-state index < -0.39 is 10.8 Å². The van der Waals surface area contributed by atoms with Crippen LogP contribution in [0, 0.1) is 21.8 Å². The molecule has 0 atom stereocenters. The fraction of sp³-hybridized carbons (Fsp3) is 0.160. The lowest BCUT2D eigenvalue weighted by Gasteiger charge is -2.09. The van der Waals surface area contributed by atoms with Gasteiger partial charge in [-0.1, -0.05) is 19.9 Å². The summed E-state index contributed by atoms with van der Waals surface area (Å²) in [5.41, 5.74) is 1.89. The summed E-state index contributed by atoms with van der Waals surface area (Å²) in [6.45, 7) is 4.45. The van der Waals surface area contributed by atoms with Crippen molar-refractivity contribution in [3.63, 3.8) is 0 Å². The van der Waals surface area contributed by atoms with Crippen molar-refractivity contribution >= 4 is 17.3 Å². The van der Waals surface area contributed by atoms with E-state index in [1.807, 2.05) is 13.8 Å². The Morgan fingerprint density at radius 1 is 1.11 bits per heavy atom. The van der Waals surface area contributed by atoms with Gasteiger partial charge in [0.15, 0.2) is 5.82 Å². The molecule has 10 heteroatoms. The van der Waals surface area contributed by atoms with Crippen molar-refractivity contribution in [2.45, 2.75) is 13.8 Å². The topological polar surface area (TPSA) is 112 Å². The van der Waals surface area contributed by atoms with Gasteiger partial charge in [-0.3, -0.25) is 14.9 Å². The third-order valence-corrected chi connectivity index (χ3v) is 4.92. The molecule has 0 saturated heterocycles. The Kier molecular flexibility index (Phi) is 6.81. The maximum atomic E-state index is 13.5. The van der Waals surface area contributed by atoms with Crippen LogP contribution in [0.1, 0.15) is 24.2 Å². The number of halogens is 1. The molecule has 1 N–H and O–H groups in total. The first-order valence-corrected chi connectivity index (χ1v) is 10.8. The van der Waals surface area contributed by atoms with Crippen LogP contribution in [0.3, 0.4) is 0 Å². The van der Waals surface area contributed by atoms with Crippen molar-refractivity contribution < 1.29 is 18.8 Å². The van der Waals surface area contributed by atoms with E-state index in [9.17, 15) is 19.3 Å². The van der Waals surface area contributed by atoms with Gasteiger partial charge in [0.2, 0.25) is 0 Å². The number of non-ortho nitro benzene ring substituents is 1. The second-order valence-electron chi connectivity index (χ2n) is 8.15. The summed E-state index contributed by atoms with van der Waals surface area (Å²) < 4.78 is 20.7. The molecule has 0 spiro atoms. The lowest BCUT2D eigenvalue weighted by molar-refractivity contribution is -0.384. The Balaban J connectivity index is 1.63. The van der Waals surface area contributed by atoms with E-state index >= 15 is 0 Å². The fourth-order valence-corrected chi connectivity index (χ4v) is 3.21. The zero-order valence-corrected chi connectivity index (χ0v) is 19.0. The highest BCUT2D eigenvalue weighted by molar-refractivity contribution is 6.04. The van der Waals surface area contributed by atoms with Gasteiger partial charge in [0.25, 0.3) is 11.6 Å². The van der Waals surface area contributed by atoms with Crippen molar-refractivity contribution in [3.05, 3.63) is 94.3 Å². The summed E-state index contributed by atoms with van der Waals surface area (Å²) in [5, 5.41) is 18.1. The number of ether oxygens (including phenoxy) is 1. The summed E-state index contributed by atoms with van der Waals surface area (Å²) in [4.78, 5) is 27.4. The number of nitrogens with one attached hydrogen (secondary N) is 1. The van der Waals surface area contributed by atoms with Crippen LogP contribution in [0.4, 0.5) is 15.8 Å². The summed E-state index contributed by atoms with van der Waals surface area (Å²) in [7, 11) is 0. The molecule has 0 bridgehead atoms. The second-order valence-corrected chi connectivity index (χ2v) is 8.15. The maximum absolute atomic E-state index is 13.5. The molecule has 0 aliphatic carbocycles. The molecule has 0 fully saturated rings. The predicted octanol–water partition coefficient (Wildman–Crippen LogP) is 5.27. The van der Waals surface area contributed by atoms with Crippen LogP contribution in [0.2, 0.25) is 0 Å². The highest BCUT2D eigenvalue weighted by Crippen LogP contribution is 2.26. The minimum Gasteiger partial charge on any atom is -0.462 e. The molecule has 35 heavy (non-hydrogen) atoms. The van der Waals surface area contributed by atoms with Gasteiger partial charge in [0.05, 0.1) is 17.2 Å². The molecule has 0 radical (unpaired) electrons. The van der Waals surface area contributed by atoms with Crippen molar-refractivity contribution in [3.8, 4) is 23.1 Å². The monoisotopic (exact) mass is 475 g/mol. The Morgan fingerprint density at radius 2 is 1.83 bits per heavy atom. The summed E-state index contributed by atoms with van der Waals surface area (Å²) in [6, 6.07) is 18.3. The van der Waals surface area contributed by atoms with E-state index in [2.05, 4.69) is 15.4 Å². The summed E-state index contributed by atoms with van der Waals surface area (Å²) >= 11 is 0. The number of carbonyl (C=O) groups is 1. The first kappa shape index (κ1) is 23.6. The lowest BCUT2D eigenvalue weighted by Crippen LogP contribution is -2.12. The molecular weight excluding hydrogens is 453 g/mol. The number of aromatic nitrogens is 3. The average Bonchev–Trinajstić information content (AvgIpc) is 3.28. The van der Waals surface area contributed by atoms with Crippen LogP contribution in [0.15, 0.2) is 72.8 Å². The molecule has 1 heterocycles. The minimum atomic E-state index is -0.527. The zero-order chi connectivity index (χ0) is 24.9. The number of hydrogen-bond acceptors (Lipinski definition) is 6. The van der Waals surface area contributed by atoms with Crippen LogP contribution in [0.25, 0.3) is 17.1 Å². The Labute approximate surface area is 200 Å². The van der Waals surface area contributed by atoms with Crippen LogP contribution < -0.4 is 10.1 Å². The molecular formula is C25H22FN5O4. The molecule has 1 amide bonds. The zero-order valence-electron chi connectivity index (χ0n) is 19.0. The van der Waals surface area contributed by atoms with Gasteiger partial charge in [-0.2, -0.15) is 4.98 Å². The molecule has 9 nitrogen and oxygen atoms in total. The largest absolute Gasteiger partial charge is 0.462 e. The SMILES string of the molecule is CC(C)COc1nc(-c2ccc(F)cc2)n(-c2cccc(NC(=O)c3ccc([N+](=O)[O-])cc3)c2)n1.